The third-order valence-electron chi connectivity index (χ3n) is 2.95. The zero-order chi connectivity index (χ0) is 14.6. The monoisotopic (exact) mass is 280 g/mol. The summed E-state index contributed by atoms with van der Waals surface area (Å²) < 4.78 is 5.47. The second-order valence-corrected chi connectivity index (χ2v) is 4.72. The number of hydrogen-bond acceptors (Lipinski definition) is 5. The van der Waals surface area contributed by atoms with Gasteiger partial charge in [-0.05, 0) is 25.7 Å². The summed E-state index contributed by atoms with van der Waals surface area (Å²) in [5.41, 5.74) is 1.16. The van der Waals surface area contributed by atoms with Gasteiger partial charge in [-0.15, -0.1) is 0 Å². The molecule has 0 atom stereocenters. The Labute approximate surface area is 122 Å². The van der Waals surface area contributed by atoms with Crippen LogP contribution in [-0.4, -0.2) is 36.3 Å². The van der Waals surface area contributed by atoms with E-state index in [-0.39, 0.29) is 0 Å². The van der Waals surface area contributed by atoms with Gasteiger partial charge < -0.3 is 15.4 Å². The van der Waals surface area contributed by atoms with E-state index < -0.39 is 0 Å². The Balaban J connectivity index is 2.47. The van der Waals surface area contributed by atoms with E-state index in [4.69, 9.17) is 4.74 Å². The minimum atomic E-state index is 0.800. The second-order valence-electron chi connectivity index (χ2n) is 4.72. The average molecular weight is 280 g/mol. The summed E-state index contributed by atoms with van der Waals surface area (Å²) >= 11 is 0. The fourth-order valence-electron chi connectivity index (χ4n) is 1.92. The Morgan fingerprint density at radius 1 is 0.950 bits per heavy atom. The van der Waals surface area contributed by atoms with Crippen molar-refractivity contribution in [2.24, 2.45) is 0 Å². The molecule has 20 heavy (non-hydrogen) atoms. The van der Waals surface area contributed by atoms with Crippen molar-refractivity contribution in [1.29, 1.82) is 0 Å². The van der Waals surface area contributed by atoms with Crippen LogP contribution in [0.15, 0.2) is 6.33 Å². The van der Waals surface area contributed by atoms with Crippen molar-refractivity contribution < 1.29 is 4.74 Å². The van der Waals surface area contributed by atoms with E-state index in [1.54, 1.807) is 6.33 Å². The zero-order valence-electron chi connectivity index (χ0n) is 13.0. The van der Waals surface area contributed by atoms with Crippen LogP contribution < -0.4 is 10.6 Å². The molecule has 0 aliphatic rings. The summed E-state index contributed by atoms with van der Waals surface area (Å²) in [6.07, 6.45) is 5.69. The summed E-state index contributed by atoms with van der Waals surface area (Å²) in [7, 11) is 0. The molecule has 0 aliphatic carbocycles. The van der Waals surface area contributed by atoms with Crippen molar-refractivity contribution in [3.05, 3.63) is 11.9 Å². The molecule has 0 saturated carbocycles. The quantitative estimate of drug-likeness (QED) is 0.610. The maximum Gasteiger partial charge on any atom is 0.134 e. The van der Waals surface area contributed by atoms with Crippen LogP contribution in [0.3, 0.4) is 0 Å². The van der Waals surface area contributed by atoms with Crippen LogP contribution in [0.2, 0.25) is 0 Å². The third-order valence-corrected chi connectivity index (χ3v) is 2.95. The van der Waals surface area contributed by atoms with Gasteiger partial charge in [0.2, 0.25) is 0 Å². The molecular formula is C15H28N4O. The number of ether oxygens (including phenoxy) is 1. The minimum Gasteiger partial charge on any atom is -0.381 e. The van der Waals surface area contributed by atoms with Crippen LogP contribution >= 0.6 is 0 Å². The lowest BCUT2D eigenvalue weighted by atomic mass is 10.2. The van der Waals surface area contributed by atoms with E-state index in [2.05, 4.69) is 41.4 Å². The summed E-state index contributed by atoms with van der Waals surface area (Å²) in [6, 6.07) is 0. The molecule has 2 N–H and O–H groups in total. The predicted molar refractivity (Wildman–Crippen MR) is 84.4 cm³/mol. The van der Waals surface area contributed by atoms with E-state index in [1.807, 2.05) is 0 Å². The maximum atomic E-state index is 5.47. The molecule has 0 aliphatic heterocycles. The molecule has 1 rings (SSSR count). The largest absolute Gasteiger partial charge is 0.381 e. The van der Waals surface area contributed by atoms with Gasteiger partial charge in [0.05, 0.1) is 0 Å². The Hall–Kier alpha value is -1.36. The van der Waals surface area contributed by atoms with Gasteiger partial charge in [-0.3, -0.25) is 0 Å². The highest BCUT2D eigenvalue weighted by molar-refractivity contribution is 5.57. The van der Waals surface area contributed by atoms with Gasteiger partial charge >= 0.3 is 0 Å². The molecule has 1 aromatic heterocycles. The van der Waals surface area contributed by atoms with E-state index in [0.29, 0.717) is 0 Å². The highest BCUT2D eigenvalue weighted by Gasteiger charge is 2.08. The highest BCUT2D eigenvalue weighted by atomic mass is 16.5. The van der Waals surface area contributed by atoms with E-state index >= 15 is 0 Å². The Kier molecular flexibility index (Phi) is 8.71. The number of hydrogen-bond donors (Lipinski definition) is 2. The number of aromatic nitrogens is 2. The van der Waals surface area contributed by atoms with Gasteiger partial charge in [0.15, 0.2) is 0 Å². The van der Waals surface area contributed by atoms with E-state index in [0.717, 1.165) is 69.2 Å². The van der Waals surface area contributed by atoms with Crippen molar-refractivity contribution in [2.45, 2.75) is 46.5 Å². The van der Waals surface area contributed by atoms with Gasteiger partial charge in [-0.1, -0.05) is 20.8 Å². The number of anilines is 2. The van der Waals surface area contributed by atoms with Gasteiger partial charge in [0, 0.05) is 31.9 Å². The first kappa shape index (κ1) is 16.7. The van der Waals surface area contributed by atoms with E-state index in [9.17, 15) is 0 Å². The lowest BCUT2D eigenvalue weighted by Gasteiger charge is -2.14. The molecule has 1 aromatic rings. The number of nitrogens with zero attached hydrogens (tertiary/aromatic N) is 2. The lowest BCUT2D eigenvalue weighted by Crippen LogP contribution is -2.12. The summed E-state index contributed by atoms with van der Waals surface area (Å²) in [4.78, 5) is 8.68. The van der Waals surface area contributed by atoms with Crippen molar-refractivity contribution in [3.63, 3.8) is 0 Å². The second kappa shape index (κ2) is 10.4. The minimum absolute atomic E-state index is 0.800. The Morgan fingerprint density at radius 2 is 1.65 bits per heavy atom. The predicted octanol–water partition coefficient (Wildman–Crippen LogP) is 3.09. The van der Waals surface area contributed by atoms with Gasteiger partial charge in [-0.25, -0.2) is 9.97 Å². The SMILES string of the molecule is CCCNc1ncnc(NCCCOCCC)c1CC. The molecule has 114 valence electrons. The first-order chi connectivity index (χ1) is 9.83. The van der Waals surface area contributed by atoms with Crippen molar-refractivity contribution >= 4 is 11.6 Å². The molecule has 0 amide bonds. The van der Waals surface area contributed by atoms with Crippen LogP contribution in [0, 0.1) is 0 Å². The molecule has 5 heteroatoms. The molecule has 1 heterocycles. The molecule has 0 fully saturated rings. The van der Waals surface area contributed by atoms with Crippen LogP contribution in [0.4, 0.5) is 11.6 Å². The standard InChI is InChI=1S/C15H28N4O/c1-4-8-16-14-13(6-3)15(19-12-18-14)17-9-7-11-20-10-5-2/h12H,4-11H2,1-3H3,(H2,16,17,18,19). The van der Waals surface area contributed by atoms with Gasteiger partial charge in [0.1, 0.15) is 18.0 Å². The first-order valence-corrected chi connectivity index (χ1v) is 7.72. The van der Waals surface area contributed by atoms with E-state index in [1.165, 1.54) is 0 Å². The Bertz CT molecular complexity index is 371. The molecular weight excluding hydrogens is 252 g/mol. The summed E-state index contributed by atoms with van der Waals surface area (Å²) in [5.74, 6) is 1.89. The molecule has 5 nitrogen and oxygen atoms in total. The van der Waals surface area contributed by atoms with Gasteiger partial charge in [-0.2, -0.15) is 0 Å². The third kappa shape index (κ3) is 5.74. The number of nitrogens with one attached hydrogen (secondary N) is 2. The van der Waals surface area contributed by atoms with Crippen LogP contribution in [0.1, 0.15) is 45.6 Å². The average Bonchev–Trinajstić information content (AvgIpc) is 2.48. The number of rotatable bonds is 11. The summed E-state index contributed by atoms with van der Waals surface area (Å²) in [5, 5.41) is 6.74. The van der Waals surface area contributed by atoms with Crippen LogP contribution in [-0.2, 0) is 11.2 Å². The fourth-order valence-corrected chi connectivity index (χ4v) is 1.92. The molecule has 0 saturated heterocycles. The van der Waals surface area contributed by atoms with Crippen molar-refractivity contribution in [3.8, 4) is 0 Å². The molecule has 0 spiro atoms. The molecule has 0 bridgehead atoms. The summed E-state index contributed by atoms with van der Waals surface area (Å²) in [6.45, 7) is 9.86. The fraction of sp³-hybridized carbons (Fsp3) is 0.733. The van der Waals surface area contributed by atoms with Gasteiger partial charge in [0.25, 0.3) is 0 Å². The molecule has 0 unspecified atom stereocenters. The first-order valence-electron chi connectivity index (χ1n) is 7.72. The molecule has 0 aromatic carbocycles. The van der Waals surface area contributed by atoms with Crippen LogP contribution in [0.25, 0.3) is 0 Å². The van der Waals surface area contributed by atoms with Crippen LogP contribution in [0.5, 0.6) is 0 Å². The highest BCUT2D eigenvalue weighted by Crippen LogP contribution is 2.20. The lowest BCUT2D eigenvalue weighted by molar-refractivity contribution is 0.134. The molecule has 0 radical (unpaired) electrons. The topological polar surface area (TPSA) is 59.1 Å². The Morgan fingerprint density at radius 3 is 2.25 bits per heavy atom. The van der Waals surface area contributed by atoms with Crippen molar-refractivity contribution in [2.75, 3.05) is 36.9 Å². The zero-order valence-corrected chi connectivity index (χ0v) is 13.0. The maximum absolute atomic E-state index is 5.47. The smallest absolute Gasteiger partial charge is 0.134 e. The van der Waals surface area contributed by atoms with Crippen molar-refractivity contribution in [1.82, 2.24) is 9.97 Å². The normalized spacial score (nSPS) is 10.6.